The van der Waals surface area contributed by atoms with E-state index in [1.165, 1.54) is 0 Å². The van der Waals surface area contributed by atoms with Gasteiger partial charge in [0.05, 0.1) is 5.69 Å². The molecule has 0 saturated heterocycles. The second-order valence-electron chi connectivity index (χ2n) is 4.71. The lowest BCUT2D eigenvalue weighted by atomic mass is 10.1. The van der Waals surface area contributed by atoms with Crippen LogP contribution < -0.4 is 4.74 Å². The summed E-state index contributed by atoms with van der Waals surface area (Å²) < 4.78 is 5.91. The molecule has 0 N–H and O–H groups in total. The fourth-order valence-corrected chi connectivity index (χ4v) is 1.95. The molecule has 0 fully saturated rings. The van der Waals surface area contributed by atoms with Crippen molar-refractivity contribution in [3.05, 3.63) is 52.3 Å². The highest BCUT2D eigenvalue weighted by Gasteiger charge is 2.11. The lowest BCUT2D eigenvalue weighted by Gasteiger charge is -2.12. The second-order valence-corrected chi connectivity index (χ2v) is 4.71. The molecule has 3 heteroatoms. The SMILES string of the molecule is Cc1ccc(C)c(Oc2cc(C)nc(C)c2C#N)c1. The van der Waals surface area contributed by atoms with Gasteiger partial charge in [-0.2, -0.15) is 5.26 Å². The number of ether oxygens (including phenoxy) is 1. The molecule has 1 aromatic carbocycles. The Kier molecular flexibility index (Phi) is 3.52. The van der Waals surface area contributed by atoms with E-state index < -0.39 is 0 Å². The molecule has 0 radical (unpaired) electrons. The molecule has 1 aromatic heterocycles. The standard InChI is InChI=1S/C16H16N2O/c1-10-5-6-11(2)15(7-10)19-16-8-12(3)18-13(4)14(16)9-17/h5-8H,1-4H3. The number of nitrogens with zero attached hydrogens (tertiary/aromatic N) is 2. The van der Waals surface area contributed by atoms with Crippen LogP contribution in [0.4, 0.5) is 0 Å². The Bertz CT molecular complexity index is 669. The smallest absolute Gasteiger partial charge is 0.148 e. The van der Waals surface area contributed by atoms with E-state index in [2.05, 4.69) is 11.1 Å². The number of benzene rings is 1. The van der Waals surface area contributed by atoms with Crippen molar-refractivity contribution in [3.63, 3.8) is 0 Å². The van der Waals surface area contributed by atoms with Gasteiger partial charge in [0.15, 0.2) is 0 Å². The molecule has 2 aromatic rings. The Morgan fingerprint density at radius 3 is 2.47 bits per heavy atom. The minimum Gasteiger partial charge on any atom is -0.456 e. The minimum absolute atomic E-state index is 0.492. The number of aromatic nitrogens is 1. The Labute approximate surface area is 113 Å². The molecule has 3 nitrogen and oxygen atoms in total. The molecule has 0 amide bonds. The first-order chi connectivity index (χ1) is 9.01. The third-order valence-corrected chi connectivity index (χ3v) is 2.97. The van der Waals surface area contributed by atoms with Crippen LogP contribution in [-0.2, 0) is 0 Å². The van der Waals surface area contributed by atoms with Crippen molar-refractivity contribution in [2.45, 2.75) is 27.7 Å². The van der Waals surface area contributed by atoms with Crippen molar-refractivity contribution in [1.82, 2.24) is 4.98 Å². The van der Waals surface area contributed by atoms with Crippen molar-refractivity contribution in [3.8, 4) is 17.6 Å². The highest BCUT2D eigenvalue weighted by atomic mass is 16.5. The molecule has 0 atom stereocenters. The van der Waals surface area contributed by atoms with E-state index in [0.717, 1.165) is 22.6 Å². The summed E-state index contributed by atoms with van der Waals surface area (Å²) in [5, 5.41) is 9.22. The van der Waals surface area contributed by atoms with Gasteiger partial charge in [0.1, 0.15) is 23.1 Å². The van der Waals surface area contributed by atoms with Crippen LogP contribution in [0.15, 0.2) is 24.3 Å². The van der Waals surface area contributed by atoms with Crippen LogP contribution in [0.5, 0.6) is 11.5 Å². The number of hydrogen-bond acceptors (Lipinski definition) is 3. The molecular formula is C16H16N2O. The van der Waals surface area contributed by atoms with Crippen LogP contribution >= 0.6 is 0 Å². The Balaban J connectivity index is 2.49. The fraction of sp³-hybridized carbons (Fsp3) is 0.250. The zero-order valence-electron chi connectivity index (χ0n) is 11.6. The lowest BCUT2D eigenvalue weighted by Crippen LogP contribution is -1.97. The Hall–Kier alpha value is -2.34. The van der Waals surface area contributed by atoms with E-state index in [9.17, 15) is 5.26 Å². The van der Waals surface area contributed by atoms with Crippen LogP contribution in [0.3, 0.4) is 0 Å². The van der Waals surface area contributed by atoms with Crippen molar-refractivity contribution in [2.24, 2.45) is 0 Å². The average molecular weight is 252 g/mol. The Morgan fingerprint density at radius 2 is 1.79 bits per heavy atom. The molecule has 0 saturated carbocycles. The maximum atomic E-state index is 9.22. The second kappa shape index (κ2) is 5.11. The maximum absolute atomic E-state index is 9.22. The summed E-state index contributed by atoms with van der Waals surface area (Å²) in [7, 11) is 0. The molecule has 2 rings (SSSR count). The first-order valence-electron chi connectivity index (χ1n) is 6.14. The van der Waals surface area contributed by atoms with Crippen LogP contribution in [0, 0.1) is 39.0 Å². The topological polar surface area (TPSA) is 45.9 Å². The van der Waals surface area contributed by atoms with E-state index >= 15 is 0 Å². The summed E-state index contributed by atoms with van der Waals surface area (Å²) in [4.78, 5) is 4.28. The molecule has 0 spiro atoms. The van der Waals surface area contributed by atoms with Crippen molar-refractivity contribution in [2.75, 3.05) is 0 Å². The van der Waals surface area contributed by atoms with Gasteiger partial charge in [-0.1, -0.05) is 12.1 Å². The molecule has 96 valence electrons. The van der Waals surface area contributed by atoms with Gasteiger partial charge in [-0.15, -0.1) is 0 Å². The Morgan fingerprint density at radius 1 is 1.05 bits per heavy atom. The molecule has 0 aliphatic carbocycles. The van der Waals surface area contributed by atoms with Crippen LogP contribution in [0.25, 0.3) is 0 Å². The van der Waals surface area contributed by atoms with Crippen LogP contribution in [0.1, 0.15) is 28.1 Å². The van der Waals surface area contributed by atoms with E-state index in [0.29, 0.717) is 17.0 Å². The largest absolute Gasteiger partial charge is 0.456 e. The van der Waals surface area contributed by atoms with Crippen LogP contribution in [-0.4, -0.2) is 4.98 Å². The summed E-state index contributed by atoms with van der Waals surface area (Å²) in [5.41, 5.74) is 4.20. The molecule has 0 bridgehead atoms. The van der Waals surface area contributed by atoms with Gasteiger partial charge < -0.3 is 4.74 Å². The van der Waals surface area contributed by atoms with Gasteiger partial charge >= 0.3 is 0 Å². The molecule has 19 heavy (non-hydrogen) atoms. The highest BCUT2D eigenvalue weighted by Crippen LogP contribution is 2.29. The number of pyridine rings is 1. The molecular weight excluding hydrogens is 236 g/mol. The van der Waals surface area contributed by atoms with Crippen LogP contribution in [0.2, 0.25) is 0 Å². The molecule has 0 aliphatic heterocycles. The van der Waals surface area contributed by atoms with Gasteiger partial charge in [-0.3, -0.25) is 4.98 Å². The normalized spacial score (nSPS) is 10.1. The minimum atomic E-state index is 0.492. The number of rotatable bonds is 2. The zero-order chi connectivity index (χ0) is 14.0. The van der Waals surface area contributed by atoms with Crippen molar-refractivity contribution >= 4 is 0 Å². The highest BCUT2D eigenvalue weighted by molar-refractivity contribution is 5.49. The number of nitriles is 1. The third kappa shape index (κ3) is 2.74. The molecule has 0 aliphatic rings. The number of hydrogen-bond donors (Lipinski definition) is 0. The monoisotopic (exact) mass is 252 g/mol. The van der Waals surface area contributed by atoms with E-state index in [-0.39, 0.29) is 0 Å². The first-order valence-corrected chi connectivity index (χ1v) is 6.14. The third-order valence-electron chi connectivity index (χ3n) is 2.97. The van der Waals surface area contributed by atoms with Gasteiger partial charge in [-0.05, 0) is 44.9 Å². The zero-order valence-corrected chi connectivity index (χ0v) is 11.6. The fourth-order valence-electron chi connectivity index (χ4n) is 1.95. The summed E-state index contributed by atoms with van der Waals surface area (Å²) in [6.45, 7) is 7.72. The quantitative estimate of drug-likeness (QED) is 0.812. The molecule has 1 heterocycles. The summed E-state index contributed by atoms with van der Waals surface area (Å²) >= 11 is 0. The van der Waals surface area contributed by atoms with Crippen molar-refractivity contribution < 1.29 is 4.74 Å². The predicted molar refractivity (Wildman–Crippen MR) is 74.4 cm³/mol. The summed E-state index contributed by atoms with van der Waals surface area (Å²) in [6.07, 6.45) is 0. The predicted octanol–water partition coefficient (Wildman–Crippen LogP) is 3.98. The van der Waals surface area contributed by atoms with E-state index in [4.69, 9.17) is 4.74 Å². The van der Waals surface area contributed by atoms with Gasteiger partial charge in [0.25, 0.3) is 0 Å². The summed E-state index contributed by atoms with van der Waals surface area (Å²) in [5.74, 6) is 1.35. The molecule has 0 unspecified atom stereocenters. The van der Waals surface area contributed by atoms with E-state index in [1.54, 1.807) is 6.07 Å². The van der Waals surface area contributed by atoms with Gasteiger partial charge in [-0.25, -0.2) is 0 Å². The van der Waals surface area contributed by atoms with Gasteiger partial charge in [0, 0.05) is 11.8 Å². The van der Waals surface area contributed by atoms with E-state index in [1.807, 2.05) is 45.9 Å². The maximum Gasteiger partial charge on any atom is 0.148 e. The van der Waals surface area contributed by atoms with Gasteiger partial charge in [0.2, 0.25) is 0 Å². The summed E-state index contributed by atoms with van der Waals surface area (Å²) in [6, 6.07) is 9.98. The number of aryl methyl sites for hydroxylation is 4. The van der Waals surface area contributed by atoms with Crippen molar-refractivity contribution in [1.29, 1.82) is 5.26 Å². The lowest BCUT2D eigenvalue weighted by molar-refractivity contribution is 0.475. The average Bonchev–Trinajstić information content (AvgIpc) is 2.33. The first kappa shape index (κ1) is 13.1.